The minimum atomic E-state index is -4.20. The molecule has 0 unspecified atom stereocenters. The molecule has 0 aliphatic heterocycles. The molecule has 2 aliphatic carbocycles. The second-order valence-corrected chi connectivity index (χ2v) is 10.1. The SMILES string of the molecule is CCOCC1CCC(C2CCC(c3ccc(C(F)(F)Oc4cc(F)c(F)c(F)c4)c(F)c3)CC2)CC1. The van der Waals surface area contributed by atoms with Crippen molar-refractivity contribution in [3.8, 4) is 5.75 Å². The largest absolute Gasteiger partial charge is 0.429 e. The van der Waals surface area contributed by atoms with Gasteiger partial charge in [-0.25, -0.2) is 17.6 Å². The quantitative estimate of drug-likeness (QED) is 0.260. The van der Waals surface area contributed by atoms with Crippen LogP contribution in [0.2, 0.25) is 0 Å². The third-order valence-electron chi connectivity index (χ3n) is 7.87. The summed E-state index contributed by atoms with van der Waals surface area (Å²) in [5.41, 5.74) is -0.390. The van der Waals surface area contributed by atoms with Crippen molar-refractivity contribution < 1.29 is 35.8 Å². The van der Waals surface area contributed by atoms with Crippen molar-refractivity contribution in [2.75, 3.05) is 13.2 Å². The van der Waals surface area contributed by atoms with E-state index in [1.807, 2.05) is 6.92 Å². The van der Waals surface area contributed by atoms with Gasteiger partial charge in [0.05, 0.1) is 5.56 Å². The summed E-state index contributed by atoms with van der Waals surface area (Å²) in [6.45, 7) is 3.62. The Balaban J connectivity index is 1.34. The lowest BCUT2D eigenvalue weighted by atomic mass is 9.68. The Bertz CT molecular complexity index is 1000. The average molecular weight is 515 g/mol. The molecule has 4 rings (SSSR count). The Kier molecular flexibility index (Phi) is 8.53. The van der Waals surface area contributed by atoms with Crippen LogP contribution >= 0.6 is 0 Å². The van der Waals surface area contributed by atoms with Gasteiger partial charge in [-0.15, -0.1) is 0 Å². The van der Waals surface area contributed by atoms with Crippen LogP contribution in [-0.4, -0.2) is 13.2 Å². The topological polar surface area (TPSA) is 18.5 Å². The van der Waals surface area contributed by atoms with Crippen molar-refractivity contribution in [2.24, 2.45) is 17.8 Å². The van der Waals surface area contributed by atoms with Gasteiger partial charge in [0.1, 0.15) is 11.6 Å². The van der Waals surface area contributed by atoms with Crippen molar-refractivity contribution in [1.82, 2.24) is 0 Å². The van der Waals surface area contributed by atoms with Crippen molar-refractivity contribution >= 4 is 0 Å². The van der Waals surface area contributed by atoms with E-state index in [0.29, 0.717) is 35.4 Å². The van der Waals surface area contributed by atoms with E-state index in [9.17, 15) is 26.3 Å². The van der Waals surface area contributed by atoms with Gasteiger partial charge in [0.25, 0.3) is 0 Å². The van der Waals surface area contributed by atoms with Crippen LogP contribution in [0.3, 0.4) is 0 Å². The molecule has 0 radical (unpaired) electrons. The van der Waals surface area contributed by atoms with Gasteiger partial charge >= 0.3 is 6.11 Å². The fraction of sp³-hybridized carbons (Fsp3) is 0.571. The van der Waals surface area contributed by atoms with Crippen molar-refractivity contribution in [2.45, 2.75) is 70.3 Å². The molecule has 0 atom stereocenters. The zero-order valence-electron chi connectivity index (χ0n) is 20.4. The molecule has 2 nitrogen and oxygen atoms in total. The average Bonchev–Trinajstić information content (AvgIpc) is 2.86. The van der Waals surface area contributed by atoms with Gasteiger partial charge < -0.3 is 9.47 Å². The van der Waals surface area contributed by atoms with Crippen molar-refractivity contribution in [3.05, 3.63) is 64.7 Å². The second kappa shape index (κ2) is 11.4. The van der Waals surface area contributed by atoms with Crippen LogP contribution in [-0.2, 0) is 10.8 Å². The maximum absolute atomic E-state index is 14.7. The van der Waals surface area contributed by atoms with Crippen LogP contribution in [0.15, 0.2) is 30.3 Å². The van der Waals surface area contributed by atoms with Crippen LogP contribution in [0.1, 0.15) is 75.3 Å². The van der Waals surface area contributed by atoms with Gasteiger partial charge in [-0.3, -0.25) is 0 Å². The molecule has 2 fully saturated rings. The summed E-state index contributed by atoms with van der Waals surface area (Å²) in [7, 11) is 0. The normalized spacial score (nSPS) is 25.1. The molecule has 0 saturated heterocycles. The van der Waals surface area contributed by atoms with E-state index in [0.717, 1.165) is 51.0 Å². The van der Waals surface area contributed by atoms with Crippen LogP contribution in [0, 0.1) is 41.0 Å². The van der Waals surface area contributed by atoms with Gasteiger partial charge in [0, 0.05) is 25.3 Å². The van der Waals surface area contributed by atoms with Gasteiger partial charge in [-0.2, -0.15) is 8.78 Å². The van der Waals surface area contributed by atoms with Gasteiger partial charge in [0.2, 0.25) is 0 Å². The highest BCUT2D eigenvalue weighted by Gasteiger charge is 2.39. The summed E-state index contributed by atoms with van der Waals surface area (Å²) < 4.78 is 93.6. The Hall–Kier alpha value is -2.22. The predicted molar refractivity (Wildman–Crippen MR) is 124 cm³/mol. The van der Waals surface area contributed by atoms with Crippen LogP contribution < -0.4 is 4.74 Å². The van der Waals surface area contributed by atoms with E-state index < -0.39 is 40.7 Å². The molecular weight excluding hydrogens is 482 g/mol. The smallest absolute Gasteiger partial charge is 0.429 e. The number of halogens is 6. The Morgan fingerprint density at radius 2 is 1.36 bits per heavy atom. The minimum absolute atomic E-state index is 0.0916. The van der Waals surface area contributed by atoms with Crippen LogP contribution in [0.25, 0.3) is 0 Å². The number of ether oxygens (including phenoxy) is 2. The highest BCUT2D eigenvalue weighted by Crippen LogP contribution is 2.44. The van der Waals surface area contributed by atoms with Crippen molar-refractivity contribution in [3.63, 3.8) is 0 Å². The van der Waals surface area contributed by atoms with Crippen molar-refractivity contribution in [1.29, 1.82) is 0 Å². The highest BCUT2D eigenvalue weighted by atomic mass is 19.3. The molecule has 0 N–H and O–H groups in total. The lowest BCUT2D eigenvalue weighted by Crippen LogP contribution is -2.27. The summed E-state index contributed by atoms with van der Waals surface area (Å²) in [4.78, 5) is 0. The zero-order valence-corrected chi connectivity index (χ0v) is 20.4. The standard InChI is InChI=1S/C28H32F6O2/c1-2-35-16-17-3-5-18(6-4-17)19-7-9-20(10-8-19)21-11-12-23(24(29)13-21)28(33,34)36-22-14-25(30)27(32)26(31)15-22/h11-15,17-20H,2-10,16H2,1H3. The van der Waals surface area contributed by atoms with Crippen LogP contribution in [0.5, 0.6) is 5.75 Å². The first-order valence-electron chi connectivity index (χ1n) is 12.8. The monoisotopic (exact) mass is 514 g/mol. The molecule has 0 heterocycles. The Labute approximate surface area is 208 Å². The van der Waals surface area contributed by atoms with E-state index in [-0.39, 0.29) is 5.92 Å². The van der Waals surface area contributed by atoms with E-state index in [4.69, 9.17) is 4.74 Å². The van der Waals surface area contributed by atoms with E-state index in [1.54, 1.807) is 0 Å². The van der Waals surface area contributed by atoms with Crippen LogP contribution in [0.4, 0.5) is 26.3 Å². The summed E-state index contributed by atoms with van der Waals surface area (Å²) in [6, 6.07) is 4.10. The maximum Gasteiger partial charge on any atom is 0.429 e. The molecule has 0 aromatic heterocycles. The molecule has 8 heteroatoms. The number of alkyl halides is 2. The molecule has 2 aromatic carbocycles. The molecule has 0 spiro atoms. The third kappa shape index (κ3) is 6.18. The second-order valence-electron chi connectivity index (χ2n) is 10.1. The van der Waals surface area contributed by atoms with Gasteiger partial charge in [-0.1, -0.05) is 6.07 Å². The summed E-state index contributed by atoms with van der Waals surface area (Å²) in [5, 5.41) is 0. The van der Waals surface area contributed by atoms with Gasteiger partial charge in [0.15, 0.2) is 17.5 Å². The molecular formula is C28H32F6O2. The van der Waals surface area contributed by atoms with E-state index in [1.165, 1.54) is 31.7 Å². The molecule has 2 saturated carbocycles. The number of benzene rings is 2. The Morgan fingerprint density at radius 1 is 0.778 bits per heavy atom. The zero-order chi connectivity index (χ0) is 25.9. The minimum Gasteiger partial charge on any atom is -0.429 e. The molecule has 0 bridgehead atoms. The molecule has 36 heavy (non-hydrogen) atoms. The third-order valence-corrected chi connectivity index (χ3v) is 7.87. The molecule has 198 valence electrons. The molecule has 2 aliphatic rings. The molecule has 0 amide bonds. The first-order chi connectivity index (χ1) is 17.2. The van der Waals surface area contributed by atoms with E-state index >= 15 is 0 Å². The maximum atomic E-state index is 14.7. The number of hydrogen-bond acceptors (Lipinski definition) is 2. The number of rotatable bonds is 8. The lowest BCUT2D eigenvalue weighted by molar-refractivity contribution is -0.187. The fourth-order valence-electron chi connectivity index (χ4n) is 5.85. The summed E-state index contributed by atoms with van der Waals surface area (Å²) in [6.07, 6.45) is 4.46. The summed E-state index contributed by atoms with van der Waals surface area (Å²) in [5.74, 6) is -5.15. The lowest BCUT2D eigenvalue weighted by Gasteiger charge is -2.38. The predicted octanol–water partition coefficient (Wildman–Crippen LogP) is 8.49. The summed E-state index contributed by atoms with van der Waals surface area (Å²) >= 11 is 0. The first-order valence-corrected chi connectivity index (χ1v) is 12.8. The fourth-order valence-corrected chi connectivity index (χ4v) is 5.85. The Morgan fingerprint density at radius 3 is 1.92 bits per heavy atom. The van der Waals surface area contributed by atoms with Gasteiger partial charge in [-0.05, 0) is 99.7 Å². The molecule has 2 aromatic rings. The van der Waals surface area contributed by atoms with E-state index in [2.05, 4.69) is 4.74 Å². The highest BCUT2D eigenvalue weighted by molar-refractivity contribution is 5.31. The first kappa shape index (κ1) is 26.8. The number of hydrogen-bond donors (Lipinski definition) is 0.